The maximum atomic E-state index is 13.6. The minimum absolute atomic E-state index is 0.110. The van der Waals surface area contributed by atoms with Crippen molar-refractivity contribution < 1.29 is 33.6 Å². The van der Waals surface area contributed by atoms with Gasteiger partial charge in [-0.1, -0.05) is 12.1 Å². The van der Waals surface area contributed by atoms with Gasteiger partial charge in [0, 0.05) is 25.5 Å². The molecule has 9 heteroatoms. The molecule has 38 heavy (non-hydrogen) atoms. The van der Waals surface area contributed by atoms with Gasteiger partial charge in [0.15, 0.2) is 11.5 Å². The van der Waals surface area contributed by atoms with Crippen molar-refractivity contribution in [2.45, 2.75) is 6.04 Å². The fraction of sp³-hybridized carbons (Fsp3) is 0.241. The number of hydrogen-bond acceptors (Lipinski definition) is 8. The van der Waals surface area contributed by atoms with Gasteiger partial charge in [-0.15, -0.1) is 0 Å². The summed E-state index contributed by atoms with van der Waals surface area (Å²) in [7, 11) is 9.73. The van der Waals surface area contributed by atoms with E-state index in [9.17, 15) is 14.7 Å². The summed E-state index contributed by atoms with van der Waals surface area (Å²) in [6.07, 6.45) is 0. The first-order valence-corrected chi connectivity index (χ1v) is 11.8. The Morgan fingerprint density at radius 2 is 1.37 bits per heavy atom. The number of Topliss-reactive ketones (excluding diaryl/α,β-unsaturated/α-hetero) is 1. The van der Waals surface area contributed by atoms with E-state index in [0.29, 0.717) is 22.7 Å². The van der Waals surface area contributed by atoms with E-state index >= 15 is 0 Å². The van der Waals surface area contributed by atoms with E-state index in [1.807, 2.05) is 31.1 Å². The number of ketones is 1. The minimum Gasteiger partial charge on any atom is -0.506 e. The summed E-state index contributed by atoms with van der Waals surface area (Å²) < 4.78 is 21.8. The van der Waals surface area contributed by atoms with E-state index in [1.165, 1.54) is 33.3 Å². The highest BCUT2D eigenvalue weighted by Crippen LogP contribution is 2.46. The Kier molecular flexibility index (Phi) is 7.47. The van der Waals surface area contributed by atoms with Crippen LogP contribution in [0.3, 0.4) is 0 Å². The third kappa shape index (κ3) is 4.47. The average Bonchev–Trinajstić information content (AvgIpc) is 3.21. The molecule has 1 saturated heterocycles. The molecule has 4 rings (SSSR count). The van der Waals surface area contributed by atoms with Gasteiger partial charge < -0.3 is 29.0 Å². The summed E-state index contributed by atoms with van der Waals surface area (Å²) in [6, 6.07) is 16.3. The Bertz CT molecular complexity index is 1370. The van der Waals surface area contributed by atoms with Crippen LogP contribution in [0.5, 0.6) is 23.0 Å². The van der Waals surface area contributed by atoms with Gasteiger partial charge in [-0.25, -0.2) is 0 Å². The number of amides is 1. The molecule has 1 N–H and O–H groups in total. The lowest BCUT2D eigenvalue weighted by Gasteiger charge is -2.27. The second-order valence-electron chi connectivity index (χ2n) is 8.73. The normalized spacial score (nSPS) is 16.4. The van der Waals surface area contributed by atoms with Crippen LogP contribution >= 0.6 is 0 Å². The van der Waals surface area contributed by atoms with Crippen LogP contribution in [0.2, 0.25) is 0 Å². The quantitative estimate of drug-likeness (QED) is 0.266. The third-order valence-electron chi connectivity index (χ3n) is 6.48. The number of anilines is 2. The van der Waals surface area contributed by atoms with Crippen molar-refractivity contribution in [2.75, 3.05) is 52.3 Å². The highest BCUT2D eigenvalue weighted by atomic mass is 16.5. The van der Waals surface area contributed by atoms with Gasteiger partial charge in [0.05, 0.1) is 40.1 Å². The van der Waals surface area contributed by atoms with Gasteiger partial charge in [-0.2, -0.15) is 0 Å². The Balaban J connectivity index is 2.01. The number of carbonyl (C=O) groups excluding carboxylic acids is 2. The number of aliphatic hydroxyl groups is 1. The maximum Gasteiger partial charge on any atom is 0.300 e. The molecule has 0 radical (unpaired) electrons. The van der Waals surface area contributed by atoms with Crippen LogP contribution in [0, 0.1) is 0 Å². The van der Waals surface area contributed by atoms with Crippen molar-refractivity contribution in [3.63, 3.8) is 0 Å². The van der Waals surface area contributed by atoms with Gasteiger partial charge in [-0.05, 0) is 54.1 Å². The molecule has 1 aliphatic rings. The summed E-state index contributed by atoms with van der Waals surface area (Å²) in [4.78, 5) is 30.4. The molecular weight excluding hydrogens is 488 g/mol. The summed E-state index contributed by atoms with van der Waals surface area (Å²) in [5.41, 5.74) is 2.01. The standard InChI is InChI=1S/C29H30N2O7/c1-30(2)18-11-13-19(14-12-18)31-26(17-10-15-20(35-3)23(16-17)38-6)25(28(33)29(31)34)27(32)24-21(36-4)8-7-9-22(24)37-5/h7-16,26,32H,1-6H3/b27-25+. The van der Waals surface area contributed by atoms with Crippen LogP contribution in [0.4, 0.5) is 11.4 Å². The summed E-state index contributed by atoms with van der Waals surface area (Å²) >= 11 is 0. The molecule has 1 aliphatic heterocycles. The Morgan fingerprint density at radius 1 is 0.789 bits per heavy atom. The van der Waals surface area contributed by atoms with E-state index in [1.54, 1.807) is 48.5 Å². The van der Waals surface area contributed by atoms with Crippen LogP contribution in [0.15, 0.2) is 66.2 Å². The fourth-order valence-corrected chi connectivity index (χ4v) is 4.57. The van der Waals surface area contributed by atoms with E-state index in [4.69, 9.17) is 18.9 Å². The first-order valence-electron chi connectivity index (χ1n) is 11.8. The van der Waals surface area contributed by atoms with Crippen LogP contribution in [-0.4, -0.2) is 59.3 Å². The second kappa shape index (κ2) is 10.8. The average molecular weight is 519 g/mol. The lowest BCUT2D eigenvalue weighted by Crippen LogP contribution is -2.29. The van der Waals surface area contributed by atoms with Crippen molar-refractivity contribution in [2.24, 2.45) is 0 Å². The molecule has 0 bridgehead atoms. The lowest BCUT2D eigenvalue weighted by atomic mass is 9.94. The summed E-state index contributed by atoms with van der Waals surface area (Å²) in [5.74, 6) is -0.568. The molecule has 9 nitrogen and oxygen atoms in total. The highest BCUT2D eigenvalue weighted by Gasteiger charge is 2.47. The number of aliphatic hydroxyl groups excluding tert-OH is 1. The van der Waals surface area contributed by atoms with Gasteiger partial charge in [0.25, 0.3) is 11.7 Å². The van der Waals surface area contributed by atoms with Gasteiger partial charge in [-0.3, -0.25) is 14.5 Å². The molecule has 1 amide bonds. The zero-order valence-electron chi connectivity index (χ0n) is 22.1. The number of carbonyl (C=O) groups is 2. The van der Waals surface area contributed by atoms with Gasteiger partial charge in [0.2, 0.25) is 0 Å². The lowest BCUT2D eigenvalue weighted by molar-refractivity contribution is -0.132. The van der Waals surface area contributed by atoms with Crippen molar-refractivity contribution in [1.29, 1.82) is 0 Å². The summed E-state index contributed by atoms with van der Waals surface area (Å²) in [6.45, 7) is 0. The van der Waals surface area contributed by atoms with Gasteiger partial charge >= 0.3 is 0 Å². The van der Waals surface area contributed by atoms with E-state index < -0.39 is 23.5 Å². The van der Waals surface area contributed by atoms with Crippen LogP contribution < -0.4 is 28.7 Å². The molecule has 3 aromatic rings. The largest absolute Gasteiger partial charge is 0.506 e. The zero-order valence-corrected chi connectivity index (χ0v) is 22.1. The number of ether oxygens (including phenoxy) is 4. The Labute approximate surface area is 221 Å². The van der Waals surface area contributed by atoms with E-state index in [-0.39, 0.29) is 22.6 Å². The van der Waals surface area contributed by atoms with Crippen LogP contribution in [0.25, 0.3) is 5.76 Å². The number of hydrogen-bond donors (Lipinski definition) is 1. The van der Waals surface area contributed by atoms with Crippen LogP contribution in [0.1, 0.15) is 17.2 Å². The minimum atomic E-state index is -0.977. The Hall–Kier alpha value is -4.66. The van der Waals surface area contributed by atoms with Gasteiger partial charge in [0.1, 0.15) is 22.8 Å². The van der Waals surface area contributed by atoms with Crippen molar-refractivity contribution in [3.05, 3.63) is 77.4 Å². The van der Waals surface area contributed by atoms with Crippen LogP contribution in [-0.2, 0) is 9.59 Å². The highest BCUT2D eigenvalue weighted by molar-refractivity contribution is 6.51. The molecule has 0 saturated carbocycles. The molecule has 1 heterocycles. The molecule has 0 aliphatic carbocycles. The molecule has 0 spiro atoms. The molecule has 1 unspecified atom stereocenters. The Morgan fingerprint density at radius 3 is 1.89 bits per heavy atom. The maximum absolute atomic E-state index is 13.6. The summed E-state index contributed by atoms with van der Waals surface area (Å²) in [5, 5.41) is 11.6. The molecule has 0 aromatic heterocycles. The fourth-order valence-electron chi connectivity index (χ4n) is 4.57. The molecule has 3 aromatic carbocycles. The molecule has 1 fully saturated rings. The topological polar surface area (TPSA) is 97.8 Å². The zero-order chi connectivity index (χ0) is 27.6. The monoisotopic (exact) mass is 518 g/mol. The molecule has 198 valence electrons. The SMILES string of the molecule is COc1ccc(C2/C(=C(\O)c3c(OC)cccc3OC)C(=O)C(=O)N2c2ccc(N(C)C)cc2)cc1OC. The van der Waals surface area contributed by atoms with E-state index in [2.05, 4.69) is 0 Å². The first-order chi connectivity index (χ1) is 18.3. The van der Waals surface area contributed by atoms with Crippen molar-refractivity contribution in [1.82, 2.24) is 0 Å². The first kappa shape index (κ1) is 26.4. The second-order valence-corrected chi connectivity index (χ2v) is 8.73. The van der Waals surface area contributed by atoms with Crippen molar-refractivity contribution >= 4 is 28.8 Å². The number of rotatable bonds is 8. The smallest absolute Gasteiger partial charge is 0.300 e. The predicted octanol–water partition coefficient (Wildman–Crippen LogP) is 4.41. The van der Waals surface area contributed by atoms with E-state index in [0.717, 1.165) is 5.69 Å². The number of methoxy groups -OCH3 is 4. The number of benzene rings is 3. The molecule has 1 atom stereocenters. The van der Waals surface area contributed by atoms with Crippen molar-refractivity contribution in [3.8, 4) is 23.0 Å². The number of nitrogens with zero attached hydrogens (tertiary/aromatic N) is 2. The molecular formula is C29H30N2O7. The third-order valence-corrected chi connectivity index (χ3v) is 6.48. The predicted molar refractivity (Wildman–Crippen MR) is 145 cm³/mol.